The van der Waals surface area contributed by atoms with Crippen LogP contribution in [0.15, 0.2) is 36.5 Å². The second-order valence-electron chi connectivity index (χ2n) is 8.47. The summed E-state index contributed by atoms with van der Waals surface area (Å²) in [5, 5.41) is 10.9. The van der Waals surface area contributed by atoms with Crippen molar-refractivity contribution in [3.05, 3.63) is 53.6 Å². The quantitative estimate of drug-likeness (QED) is 0.850. The number of aryl methyl sites for hydroxylation is 1. The summed E-state index contributed by atoms with van der Waals surface area (Å²) in [7, 11) is 0. The maximum absolute atomic E-state index is 12.9. The van der Waals surface area contributed by atoms with Gasteiger partial charge in [-0.05, 0) is 31.7 Å². The summed E-state index contributed by atoms with van der Waals surface area (Å²) < 4.78 is 0. The molecule has 2 aromatic rings. The molecule has 150 valence electrons. The molecule has 1 amide bonds. The number of nitrogens with one attached hydrogen (secondary N) is 1. The summed E-state index contributed by atoms with van der Waals surface area (Å²) >= 11 is 0. The van der Waals surface area contributed by atoms with Crippen LogP contribution in [0.25, 0.3) is 0 Å². The number of rotatable bonds is 4. The largest absolute Gasteiger partial charge is 0.392 e. The number of hydrogen-bond donors (Lipinski definition) is 2. The van der Waals surface area contributed by atoms with Gasteiger partial charge >= 0.3 is 0 Å². The molecule has 2 atom stereocenters. The van der Waals surface area contributed by atoms with Gasteiger partial charge in [-0.25, -0.2) is 4.98 Å². The minimum atomic E-state index is -0.352. The highest BCUT2D eigenvalue weighted by Crippen LogP contribution is 2.39. The number of piperidine rings is 2. The summed E-state index contributed by atoms with van der Waals surface area (Å²) in [6.07, 6.45) is 4.61. The number of aromatic amines is 1. The molecule has 1 spiro atoms. The number of amides is 1. The maximum Gasteiger partial charge on any atom is 0.227 e. The Balaban J connectivity index is 1.43. The van der Waals surface area contributed by atoms with Gasteiger partial charge in [0.2, 0.25) is 5.91 Å². The van der Waals surface area contributed by atoms with Gasteiger partial charge in [0.15, 0.2) is 0 Å². The van der Waals surface area contributed by atoms with Crippen molar-refractivity contribution in [1.29, 1.82) is 0 Å². The van der Waals surface area contributed by atoms with Crippen LogP contribution in [0, 0.1) is 12.3 Å². The molecule has 2 fully saturated rings. The first-order valence-corrected chi connectivity index (χ1v) is 10.3. The van der Waals surface area contributed by atoms with Crippen molar-refractivity contribution in [2.24, 2.45) is 5.41 Å². The van der Waals surface area contributed by atoms with Crippen LogP contribution in [0.3, 0.4) is 0 Å². The molecule has 2 aliphatic rings. The zero-order valence-electron chi connectivity index (χ0n) is 16.6. The molecule has 0 bridgehead atoms. The van der Waals surface area contributed by atoms with E-state index >= 15 is 0 Å². The van der Waals surface area contributed by atoms with Crippen LogP contribution in [-0.2, 0) is 17.8 Å². The Bertz CT molecular complexity index is 806. The summed E-state index contributed by atoms with van der Waals surface area (Å²) in [6.45, 7) is 5.88. The van der Waals surface area contributed by atoms with Gasteiger partial charge in [-0.2, -0.15) is 0 Å². The molecule has 0 radical (unpaired) electrons. The van der Waals surface area contributed by atoms with Crippen LogP contribution in [0.5, 0.6) is 0 Å². The van der Waals surface area contributed by atoms with Gasteiger partial charge in [-0.3, -0.25) is 9.69 Å². The third-order valence-corrected chi connectivity index (χ3v) is 6.25. The SMILES string of the molecule is Cc1cnc(CN2CC[C@@H](O)[C@]3(CCCN(C(=O)Cc4ccccc4)C3)C2)[nH]1. The number of carbonyl (C=O) groups excluding carboxylic acids is 1. The molecule has 1 aromatic heterocycles. The van der Waals surface area contributed by atoms with E-state index in [1.807, 2.05) is 48.4 Å². The van der Waals surface area contributed by atoms with E-state index in [1.165, 1.54) is 0 Å². The number of imidazole rings is 1. The van der Waals surface area contributed by atoms with E-state index < -0.39 is 0 Å². The maximum atomic E-state index is 12.9. The normalized spacial score (nSPS) is 25.9. The van der Waals surface area contributed by atoms with Crippen LogP contribution >= 0.6 is 0 Å². The van der Waals surface area contributed by atoms with Gasteiger partial charge in [-0.15, -0.1) is 0 Å². The molecular weight excluding hydrogens is 352 g/mol. The number of H-pyrrole nitrogens is 1. The fraction of sp³-hybridized carbons (Fsp3) is 0.545. The molecule has 0 saturated carbocycles. The molecule has 2 saturated heterocycles. The number of benzene rings is 1. The minimum absolute atomic E-state index is 0.163. The van der Waals surface area contributed by atoms with Crippen molar-refractivity contribution >= 4 is 5.91 Å². The lowest BCUT2D eigenvalue weighted by molar-refractivity contribution is -0.141. The number of likely N-dealkylation sites (tertiary alicyclic amines) is 2. The third-order valence-electron chi connectivity index (χ3n) is 6.25. The Morgan fingerprint density at radius 2 is 2.11 bits per heavy atom. The second-order valence-corrected chi connectivity index (χ2v) is 8.47. The zero-order chi connectivity index (χ0) is 19.6. The molecule has 28 heavy (non-hydrogen) atoms. The predicted molar refractivity (Wildman–Crippen MR) is 108 cm³/mol. The van der Waals surface area contributed by atoms with Crippen LogP contribution in [0.1, 0.15) is 36.3 Å². The van der Waals surface area contributed by atoms with Gasteiger partial charge in [0.1, 0.15) is 5.82 Å². The number of aliphatic hydroxyl groups excluding tert-OH is 1. The number of carbonyl (C=O) groups is 1. The molecule has 3 heterocycles. The van der Waals surface area contributed by atoms with E-state index in [2.05, 4.69) is 14.9 Å². The summed E-state index contributed by atoms with van der Waals surface area (Å²) in [6, 6.07) is 9.91. The van der Waals surface area contributed by atoms with Crippen molar-refractivity contribution in [3.8, 4) is 0 Å². The highest BCUT2D eigenvalue weighted by molar-refractivity contribution is 5.79. The van der Waals surface area contributed by atoms with Crippen molar-refractivity contribution in [3.63, 3.8) is 0 Å². The lowest BCUT2D eigenvalue weighted by Gasteiger charge is -2.51. The van der Waals surface area contributed by atoms with Crippen LogP contribution < -0.4 is 0 Å². The van der Waals surface area contributed by atoms with E-state index in [4.69, 9.17) is 0 Å². The van der Waals surface area contributed by atoms with Gasteiger partial charge in [0.25, 0.3) is 0 Å². The lowest BCUT2D eigenvalue weighted by Crippen LogP contribution is -2.59. The van der Waals surface area contributed by atoms with Gasteiger partial charge in [0.05, 0.1) is 19.1 Å². The topological polar surface area (TPSA) is 72.5 Å². The first-order valence-electron chi connectivity index (χ1n) is 10.3. The summed E-state index contributed by atoms with van der Waals surface area (Å²) in [4.78, 5) is 25.0. The molecule has 1 aromatic carbocycles. The zero-order valence-corrected chi connectivity index (χ0v) is 16.6. The van der Waals surface area contributed by atoms with E-state index in [0.29, 0.717) is 13.0 Å². The Morgan fingerprint density at radius 1 is 1.29 bits per heavy atom. The molecule has 2 aliphatic heterocycles. The third kappa shape index (κ3) is 4.13. The number of nitrogens with zero attached hydrogens (tertiary/aromatic N) is 3. The van der Waals surface area contributed by atoms with E-state index in [1.54, 1.807) is 0 Å². The molecule has 6 nitrogen and oxygen atoms in total. The van der Waals surface area contributed by atoms with Crippen molar-refractivity contribution < 1.29 is 9.90 Å². The molecule has 0 unspecified atom stereocenters. The van der Waals surface area contributed by atoms with Gasteiger partial charge < -0.3 is 15.0 Å². The van der Waals surface area contributed by atoms with Gasteiger partial charge in [-0.1, -0.05) is 30.3 Å². The minimum Gasteiger partial charge on any atom is -0.392 e. The summed E-state index contributed by atoms with van der Waals surface area (Å²) in [5.74, 6) is 1.13. The summed E-state index contributed by atoms with van der Waals surface area (Å²) in [5.41, 5.74) is 1.88. The molecule has 2 N–H and O–H groups in total. The molecule has 6 heteroatoms. The van der Waals surface area contributed by atoms with Crippen LogP contribution in [0.4, 0.5) is 0 Å². The van der Waals surface area contributed by atoms with E-state index in [9.17, 15) is 9.90 Å². The highest BCUT2D eigenvalue weighted by Gasteiger charge is 2.46. The average Bonchev–Trinajstić information content (AvgIpc) is 3.10. The first kappa shape index (κ1) is 19.2. The van der Waals surface area contributed by atoms with Crippen molar-refractivity contribution in [2.45, 2.75) is 45.3 Å². The van der Waals surface area contributed by atoms with E-state index in [-0.39, 0.29) is 17.4 Å². The highest BCUT2D eigenvalue weighted by atomic mass is 16.3. The number of hydrogen-bond acceptors (Lipinski definition) is 4. The fourth-order valence-corrected chi connectivity index (χ4v) is 4.79. The molecular formula is C22H30N4O2. The first-order chi connectivity index (χ1) is 13.5. The Kier molecular flexibility index (Phi) is 5.51. The predicted octanol–water partition coefficient (Wildman–Crippen LogP) is 2.14. The average molecular weight is 383 g/mol. The number of aliphatic hydroxyl groups is 1. The Hall–Kier alpha value is -2.18. The second kappa shape index (κ2) is 8.05. The lowest BCUT2D eigenvalue weighted by atomic mass is 9.71. The molecule has 0 aliphatic carbocycles. The van der Waals surface area contributed by atoms with Gasteiger partial charge in [0, 0.05) is 43.5 Å². The number of aromatic nitrogens is 2. The standard InChI is InChI=1S/C22H30N4O2/c1-17-13-23-20(24-17)14-25-11-8-19(27)22(15-25)9-5-10-26(16-22)21(28)12-18-6-3-2-4-7-18/h2-4,6-7,13,19,27H,5,8-12,14-16H2,1H3,(H,23,24)/t19-,22-/m1/s1. The van der Waals surface area contributed by atoms with Crippen LogP contribution in [0.2, 0.25) is 0 Å². The smallest absolute Gasteiger partial charge is 0.227 e. The van der Waals surface area contributed by atoms with Crippen molar-refractivity contribution in [2.75, 3.05) is 26.2 Å². The Labute approximate surface area is 166 Å². The van der Waals surface area contributed by atoms with E-state index in [0.717, 1.165) is 62.5 Å². The van der Waals surface area contributed by atoms with Crippen molar-refractivity contribution in [1.82, 2.24) is 19.8 Å². The Morgan fingerprint density at radius 3 is 2.86 bits per heavy atom. The fourth-order valence-electron chi connectivity index (χ4n) is 4.79. The van der Waals surface area contributed by atoms with Crippen LogP contribution in [-0.4, -0.2) is 63.1 Å². The molecule has 4 rings (SSSR count). The monoisotopic (exact) mass is 382 g/mol.